The Labute approximate surface area is 146 Å². The molecule has 0 saturated heterocycles. The van der Waals surface area contributed by atoms with E-state index in [0.717, 1.165) is 6.07 Å². The van der Waals surface area contributed by atoms with Gasteiger partial charge in [-0.2, -0.15) is 0 Å². The Morgan fingerprint density at radius 2 is 1.68 bits per heavy atom. The fraction of sp³-hybridized carbons (Fsp3) is 0.294. The highest BCUT2D eigenvalue weighted by molar-refractivity contribution is 7.89. The van der Waals surface area contributed by atoms with Crippen molar-refractivity contribution in [1.82, 2.24) is 4.72 Å². The van der Waals surface area contributed by atoms with Gasteiger partial charge in [-0.1, -0.05) is 6.07 Å². The molecule has 0 aliphatic rings. The summed E-state index contributed by atoms with van der Waals surface area (Å²) in [6, 6.07) is 6.96. The lowest BCUT2D eigenvalue weighted by atomic mass is 10.1. The van der Waals surface area contributed by atoms with Crippen LogP contribution >= 0.6 is 0 Å². The fourth-order valence-electron chi connectivity index (χ4n) is 2.34. The van der Waals surface area contributed by atoms with Crippen molar-refractivity contribution in [2.75, 3.05) is 21.3 Å². The number of nitrogens with one attached hydrogen (secondary N) is 1. The number of rotatable bonds is 7. The van der Waals surface area contributed by atoms with Crippen molar-refractivity contribution >= 4 is 10.0 Å². The number of ether oxygens (including phenoxy) is 3. The minimum atomic E-state index is -3.80. The van der Waals surface area contributed by atoms with Crippen LogP contribution in [0.15, 0.2) is 35.2 Å². The van der Waals surface area contributed by atoms with Crippen LogP contribution in [0.5, 0.6) is 17.2 Å². The summed E-state index contributed by atoms with van der Waals surface area (Å²) in [6.45, 7) is 1.48. The molecule has 0 fully saturated rings. The number of benzene rings is 2. The van der Waals surface area contributed by atoms with Crippen LogP contribution in [-0.4, -0.2) is 29.7 Å². The van der Waals surface area contributed by atoms with Gasteiger partial charge in [-0.05, 0) is 36.8 Å². The molecule has 0 atom stereocenters. The van der Waals surface area contributed by atoms with E-state index in [1.807, 2.05) is 0 Å². The molecule has 6 nitrogen and oxygen atoms in total. The van der Waals surface area contributed by atoms with Crippen LogP contribution in [0.2, 0.25) is 0 Å². The van der Waals surface area contributed by atoms with Gasteiger partial charge in [0, 0.05) is 12.1 Å². The fourth-order valence-corrected chi connectivity index (χ4v) is 3.43. The average Bonchev–Trinajstić information content (AvgIpc) is 2.61. The zero-order chi connectivity index (χ0) is 18.6. The number of sulfonamides is 1. The zero-order valence-electron chi connectivity index (χ0n) is 14.4. The topological polar surface area (TPSA) is 73.9 Å². The predicted molar refractivity (Wildman–Crippen MR) is 91.3 cm³/mol. The molecule has 136 valence electrons. The quantitative estimate of drug-likeness (QED) is 0.812. The van der Waals surface area contributed by atoms with E-state index in [1.165, 1.54) is 40.4 Å². The van der Waals surface area contributed by atoms with Crippen LogP contribution in [0.4, 0.5) is 4.39 Å². The summed E-state index contributed by atoms with van der Waals surface area (Å²) >= 11 is 0. The van der Waals surface area contributed by atoms with E-state index in [4.69, 9.17) is 14.2 Å². The van der Waals surface area contributed by atoms with Crippen molar-refractivity contribution in [2.45, 2.75) is 18.4 Å². The average molecular weight is 369 g/mol. The van der Waals surface area contributed by atoms with Gasteiger partial charge in [-0.25, -0.2) is 17.5 Å². The van der Waals surface area contributed by atoms with Crippen LogP contribution in [0.25, 0.3) is 0 Å². The Morgan fingerprint density at radius 3 is 2.24 bits per heavy atom. The first kappa shape index (κ1) is 19.0. The Bertz CT molecular complexity index is 868. The summed E-state index contributed by atoms with van der Waals surface area (Å²) in [6.07, 6.45) is 0. The molecule has 0 radical (unpaired) electrons. The molecule has 0 bridgehead atoms. The highest BCUT2D eigenvalue weighted by Crippen LogP contribution is 2.39. The summed E-state index contributed by atoms with van der Waals surface area (Å²) in [4.78, 5) is -0.00848. The third-order valence-corrected chi connectivity index (χ3v) is 5.08. The highest BCUT2D eigenvalue weighted by Gasteiger charge is 2.19. The second-order valence-electron chi connectivity index (χ2n) is 5.23. The molecular formula is C17H20FNO5S. The Morgan fingerprint density at radius 1 is 1.00 bits per heavy atom. The van der Waals surface area contributed by atoms with Crippen LogP contribution in [0.1, 0.15) is 11.1 Å². The number of hydrogen-bond donors (Lipinski definition) is 1. The van der Waals surface area contributed by atoms with Crippen molar-refractivity contribution in [3.05, 3.63) is 47.3 Å². The highest BCUT2D eigenvalue weighted by atomic mass is 32.2. The van der Waals surface area contributed by atoms with Crippen LogP contribution < -0.4 is 18.9 Å². The summed E-state index contributed by atoms with van der Waals surface area (Å²) in [5.74, 6) is 0.764. The molecule has 2 aromatic carbocycles. The van der Waals surface area contributed by atoms with Crippen molar-refractivity contribution in [2.24, 2.45) is 0 Å². The summed E-state index contributed by atoms with van der Waals surface area (Å²) < 4.78 is 56.4. The normalized spacial score (nSPS) is 11.2. The lowest BCUT2D eigenvalue weighted by molar-refractivity contribution is 0.322. The minimum absolute atomic E-state index is 0.00848. The molecule has 0 aliphatic carbocycles. The molecule has 0 saturated carbocycles. The van der Waals surface area contributed by atoms with Crippen LogP contribution in [0, 0.1) is 12.7 Å². The second-order valence-corrected chi connectivity index (χ2v) is 7.00. The standard InChI is InChI=1S/C17H20FNO5S/c1-11-9-13(6-7-14(11)18)25(20,21)19-10-12-5-8-15(22-2)17(24-4)16(12)23-3/h5-9,19H,10H2,1-4H3. The van der Waals surface area contributed by atoms with E-state index >= 15 is 0 Å². The third-order valence-electron chi connectivity index (χ3n) is 3.68. The van der Waals surface area contributed by atoms with Gasteiger partial charge in [0.25, 0.3) is 0 Å². The van der Waals surface area contributed by atoms with Gasteiger partial charge in [-0.15, -0.1) is 0 Å². The van der Waals surface area contributed by atoms with E-state index in [2.05, 4.69) is 4.72 Å². The zero-order valence-corrected chi connectivity index (χ0v) is 15.2. The van der Waals surface area contributed by atoms with E-state index in [1.54, 1.807) is 12.1 Å². The first-order valence-electron chi connectivity index (χ1n) is 7.37. The number of hydrogen-bond acceptors (Lipinski definition) is 5. The van der Waals surface area contributed by atoms with E-state index < -0.39 is 15.8 Å². The molecular weight excluding hydrogens is 349 g/mol. The van der Waals surface area contributed by atoms with Gasteiger partial charge in [-0.3, -0.25) is 0 Å². The maximum absolute atomic E-state index is 13.3. The first-order chi connectivity index (χ1) is 11.8. The molecule has 0 aromatic heterocycles. The van der Waals surface area contributed by atoms with E-state index in [9.17, 15) is 12.8 Å². The number of methoxy groups -OCH3 is 3. The van der Waals surface area contributed by atoms with E-state index in [-0.39, 0.29) is 17.0 Å². The van der Waals surface area contributed by atoms with Gasteiger partial charge >= 0.3 is 0 Å². The van der Waals surface area contributed by atoms with Crippen molar-refractivity contribution in [3.63, 3.8) is 0 Å². The van der Waals surface area contributed by atoms with Crippen molar-refractivity contribution in [1.29, 1.82) is 0 Å². The van der Waals surface area contributed by atoms with Gasteiger partial charge in [0.1, 0.15) is 5.82 Å². The molecule has 2 rings (SSSR count). The smallest absolute Gasteiger partial charge is 0.240 e. The molecule has 0 amide bonds. The minimum Gasteiger partial charge on any atom is -0.493 e. The monoisotopic (exact) mass is 369 g/mol. The molecule has 0 spiro atoms. The van der Waals surface area contributed by atoms with Crippen molar-refractivity contribution in [3.8, 4) is 17.2 Å². The third kappa shape index (κ3) is 4.02. The van der Waals surface area contributed by atoms with Crippen LogP contribution in [0.3, 0.4) is 0 Å². The van der Waals surface area contributed by atoms with E-state index in [0.29, 0.717) is 22.8 Å². The lowest BCUT2D eigenvalue weighted by Gasteiger charge is -2.16. The molecule has 2 aromatic rings. The molecule has 0 unspecified atom stereocenters. The van der Waals surface area contributed by atoms with Gasteiger partial charge in [0.15, 0.2) is 11.5 Å². The van der Waals surface area contributed by atoms with Gasteiger partial charge < -0.3 is 14.2 Å². The Hall–Kier alpha value is -2.32. The van der Waals surface area contributed by atoms with Crippen molar-refractivity contribution < 1.29 is 27.0 Å². The summed E-state index contributed by atoms with van der Waals surface area (Å²) in [5, 5.41) is 0. The lowest BCUT2D eigenvalue weighted by Crippen LogP contribution is -2.23. The SMILES string of the molecule is COc1ccc(CNS(=O)(=O)c2ccc(F)c(C)c2)c(OC)c1OC. The molecule has 25 heavy (non-hydrogen) atoms. The number of aryl methyl sites for hydroxylation is 1. The molecule has 8 heteroatoms. The molecule has 1 N–H and O–H groups in total. The number of halogens is 1. The molecule has 0 heterocycles. The van der Waals surface area contributed by atoms with Gasteiger partial charge in [0.05, 0.1) is 26.2 Å². The van der Waals surface area contributed by atoms with Crippen LogP contribution in [-0.2, 0) is 16.6 Å². The maximum Gasteiger partial charge on any atom is 0.240 e. The molecule has 0 aliphatic heterocycles. The largest absolute Gasteiger partial charge is 0.493 e. The predicted octanol–water partition coefficient (Wildman–Crippen LogP) is 2.64. The maximum atomic E-state index is 13.3. The second kappa shape index (κ2) is 7.71. The first-order valence-corrected chi connectivity index (χ1v) is 8.86. The Kier molecular flexibility index (Phi) is 5.86. The van der Waals surface area contributed by atoms with Gasteiger partial charge in [0.2, 0.25) is 15.8 Å². The Balaban J connectivity index is 2.29. The summed E-state index contributed by atoms with van der Waals surface area (Å²) in [7, 11) is 0.619. The summed E-state index contributed by atoms with van der Waals surface area (Å²) in [5.41, 5.74) is 0.828.